The molecule has 4 heteroatoms. The molecule has 1 saturated carbocycles. The lowest BCUT2D eigenvalue weighted by atomic mass is 10.1. The topological polar surface area (TPSA) is 37.8 Å². The summed E-state index contributed by atoms with van der Waals surface area (Å²) in [7, 11) is 0. The van der Waals surface area contributed by atoms with Crippen LogP contribution in [0.15, 0.2) is 24.3 Å². The van der Waals surface area contributed by atoms with Crippen LogP contribution in [0.5, 0.6) is 0 Å². The van der Waals surface area contributed by atoms with Crippen molar-refractivity contribution in [1.29, 1.82) is 0 Å². The summed E-state index contributed by atoms with van der Waals surface area (Å²) in [4.78, 5) is 9.38. The Balaban J connectivity index is 1.99. The third-order valence-electron chi connectivity index (χ3n) is 3.73. The van der Waals surface area contributed by atoms with Crippen LogP contribution in [0.3, 0.4) is 0 Å². The van der Waals surface area contributed by atoms with E-state index in [2.05, 4.69) is 23.3 Å². The van der Waals surface area contributed by atoms with Gasteiger partial charge in [0.1, 0.15) is 5.82 Å². The molecule has 1 aliphatic carbocycles. The van der Waals surface area contributed by atoms with E-state index in [1.54, 1.807) is 0 Å². The summed E-state index contributed by atoms with van der Waals surface area (Å²) in [5.41, 5.74) is 3.20. The fraction of sp³-hybridized carbons (Fsp3) is 0.412. The summed E-state index contributed by atoms with van der Waals surface area (Å²) in [6.07, 6.45) is 3.55. The number of benzene rings is 1. The Bertz CT molecular complexity index is 650. The van der Waals surface area contributed by atoms with E-state index in [1.807, 2.05) is 25.1 Å². The van der Waals surface area contributed by atoms with Crippen molar-refractivity contribution in [2.24, 2.45) is 0 Å². The van der Waals surface area contributed by atoms with Crippen molar-refractivity contribution >= 4 is 17.4 Å². The first-order valence-electron chi connectivity index (χ1n) is 7.56. The van der Waals surface area contributed by atoms with Crippen LogP contribution >= 0.6 is 11.6 Å². The highest BCUT2D eigenvalue weighted by atomic mass is 35.5. The summed E-state index contributed by atoms with van der Waals surface area (Å²) >= 11 is 6.23. The summed E-state index contributed by atoms with van der Waals surface area (Å²) in [5, 5.41) is 4.13. The Morgan fingerprint density at radius 2 is 2.05 bits per heavy atom. The van der Waals surface area contributed by atoms with Gasteiger partial charge in [-0.3, -0.25) is 0 Å². The fourth-order valence-corrected chi connectivity index (χ4v) is 2.44. The van der Waals surface area contributed by atoms with E-state index in [9.17, 15) is 0 Å². The van der Waals surface area contributed by atoms with E-state index in [1.165, 1.54) is 12.8 Å². The Kier molecular flexibility index (Phi) is 4.11. The first-order valence-corrected chi connectivity index (χ1v) is 7.94. The molecule has 3 nitrogen and oxygen atoms in total. The van der Waals surface area contributed by atoms with Crippen LogP contribution in [-0.4, -0.2) is 16.5 Å². The van der Waals surface area contributed by atoms with Crippen LogP contribution in [0, 0.1) is 6.92 Å². The van der Waals surface area contributed by atoms with Gasteiger partial charge in [0, 0.05) is 34.8 Å². The maximum absolute atomic E-state index is 6.23. The van der Waals surface area contributed by atoms with E-state index in [4.69, 9.17) is 16.6 Å². The molecule has 1 heterocycles. The molecule has 21 heavy (non-hydrogen) atoms. The smallest absolute Gasteiger partial charge is 0.161 e. The molecule has 0 amide bonds. The number of rotatable bonds is 5. The van der Waals surface area contributed by atoms with Gasteiger partial charge >= 0.3 is 0 Å². The van der Waals surface area contributed by atoms with Crippen molar-refractivity contribution in [3.05, 3.63) is 40.5 Å². The first kappa shape index (κ1) is 14.3. The molecule has 1 N–H and O–H groups in total. The van der Waals surface area contributed by atoms with Gasteiger partial charge in [0.2, 0.25) is 0 Å². The van der Waals surface area contributed by atoms with Gasteiger partial charge in [-0.05, 0) is 37.8 Å². The van der Waals surface area contributed by atoms with E-state index in [0.29, 0.717) is 5.92 Å². The van der Waals surface area contributed by atoms with Crippen LogP contribution in [-0.2, 0) is 0 Å². The lowest BCUT2D eigenvalue weighted by molar-refractivity contribution is 0.948. The van der Waals surface area contributed by atoms with Gasteiger partial charge in [-0.2, -0.15) is 0 Å². The van der Waals surface area contributed by atoms with Crippen LogP contribution < -0.4 is 5.32 Å². The van der Waals surface area contributed by atoms with Crippen molar-refractivity contribution in [2.45, 2.75) is 39.0 Å². The monoisotopic (exact) mass is 301 g/mol. The van der Waals surface area contributed by atoms with Crippen molar-refractivity contribution in [3.8, 4) is 11.4 Å². The van der Waals surface area contributed by atoms with Crippen molar-refractivity contribution in [2.75, 3.05) is 11.9 Å². The van der Waals surface area contributed by atoms with E-state index in [-0.39, 0.29) is 0 Å². The third kappa shape index (κ3) is 3.35. The zero-order valence-corrected chi connectivity index (χ0v) is 13.2. The number of nitrogens with one attached hydrogen (secondary N) is 1. The van der Waals surface area contributed by atoms with Crippen LogP contribution in [0.25, 0.3) is 11.4 Å². The molecule has 1 aromatic heterocycles. The number of aromatic nitrogens is 2. The third-order valence-corrected chi connectivity index (χ3v) is 4.13. The normalized spacial score (nSPS) is 14.2. The number of hydrogen-bond donors (Lipinski definition) is 1. The molecule has 110 valence electrons. The Hall–Kier alpha value is -1.61. The fourth-order valence-electron chi connectivity index (χ4n) is 2.26. The molecule has 1 fully saturated rings. The number of aryl methyl sites for hydroxylation is 1. The predicted molar refractivity (Wildman–Crippen MR) is 88.0 cm³/mol. The highest BCUT2D eigenvalue weighted by molar-refractivity contribution is 6.31. The standard InChI is InChI=1S/C17H20ClN3/c1-3-8-19-16-10-15(12-6-7-12)20-17(21-16)13-5-4-11(2)14(18)9-13/h4-5,9-10,12H,3,6-8H2,1-2H3,(H,19,20,21). The molecule has 0 bridgehead atoms. The van der Waals surface area contributed by atoms with Gasteiger partial charge < -0.3 is 5.32 Å². The number of halogens is 1. The molecule has 0 saturated heterocycles. The minimum atomic E-state index is 0.606. The van der Waals surface area contributed by atoms with Gasteiger partial charge in [-0.25, -0.2) is 9.97 Å². The summed E-state index contributed by atoms with van der Waals surface area (Å²) in [6.45, 7) is 5.08. The Morgan fingerprint density at radius 1 is 1.24 bits per heavy atom. The zero-order valence-electron chi connectivity index (χ0n) is 12.5. The molecular formula is C17H20ClN3. The summed E-state index contributed by atoms with van der Waals surface area (Å²) in [5.74, 6) is 2.29. The van der Waals surface area contributed by atoms with E-state index in [0.717, 1.165) is 46.5 Å². The average Bonchev–Trinajstić information content (AvgIpc) is 3.32. The lowest BCUT2D eigenvalue weighted by Crippen LogP contribution is -2.05. The molecule has 0 radical (unpaired) electrons. The lowest BCUT2D eigenvalue weighted by Gasteiger charge is -2.10. The van der Waals surface area contributed by atoms with Gasteiger partial charge in [0.15, 0.2) is 5.82 Å². The van der Waals surface area contributed by atoms with Gasteiger partial charge in [-0.15, -0.1) is 0 Å². The highest BCUT2D eigenvalue weighted by Gasteiger charge is 2.26. The number of nitrogens with zero attached hydrogens (tertiary/aromatic N) is 2. The minimum absolute atomic E-state index is 0.606. The SMILES string of the molecule is CCCNc1cc(C2CC2)nc(-c2ccc(C)c(Cl)c2)n1. The minimum Gasteiger partial charge on any atom is -0.370 e. The molecule has 2 aromatic rings. The van der Waals surface area contributed by atoms with Crippen molar-refractivity contribution in [3.63, 3.8) is 0 Å². The van der Waals surface area contributed by atoms with Crippen LogP contribution in [0.1, 0.15) is 43.4 Å². The largest absolute Gasteiger partial charge is 0.370 e. The van der Waals surface area contributed by atoms with Crippen molar-refractivity contribution in [1.82, 2.24) is 9.97 Å². The van der Waals surface area contributed by atoms with Gasteiger partial charge in [0.05, 0.1) is 0 Å². The first-order chi connectivity index (χ1) is 10.2. The molecule has 3 rings (SSSR count). The molecule has 0 atom stereocenters. The quantitative estimate of drug-likeness (QED) is 0.861. The Morgan fingerprint density at radius 3 is 2.71 bits per heavy atom. The summed E-state index contributed by atoms with van der Waals surface area (Å²) in [6, 6.07) is 8.10. The van der Waals surface area contributed by atoms with Crippen LogP contribution in [0.4, 0.5) is 5.82 Å². The maximum Gasteiger partial charge on any atom is 0.161 e. The zero-order chi connectivity index (χ0) is 14.8. The molecule has 0 aliphatic heterocycles. The second-order valence-electron chi connectivity index (χ2n) is 5.67. The number of anilines is 1. The molecule has 0 spiro atoms. The van der Waals surface area contributed by atoms with Crippen molar-refractivity contribution < 1.29 is 0 Å². The van der Waals surface area contributed by atoms with Crippen LogP contribution in [0.2, 0.25) is 5.02 Å². The van der Waals surface area contributed by atoms with E-state index >= 15 is 0 Å². The second kappa shape index (κ2) is 6.02. The number of hydrogen-bond acceptors (Lipinski definition) is 3. The maximum atomic E-state index is 6.23. The van der Waals surface area contributed by atoms with Gasteiger partial charge in [-0.1, -0.05) is 30.7 Å². The second-order valence-corrected chi connectivity index (χ2v) is 6.07. The average molecular weight is 302 g/mol. The van der Waals surface area contributed by atoms with E-state index < -0.39 is 0 Å². The highest BCUT2D eigenvalue weighted by Crippen LogP contribution is 2.40. The molecule has 1 aliphatic rings. The summed E-state index contributed by atoms with van der Waals surface area (Å²) < 4.78 is 0. The molecule has 0 unspecified atom stereocenters. The molecular weight excluding hydrogens is 282 g/mol. The Labute approximate surface area is 130 Å². The van der Waals surface area contributed by atoms with Gasteiger partial charge in [0.25, 0.3) is 0 Å². The predicted octanol–water partition coefficient (Wildman–Crippen LogP) is 4.80. The molecule has 1 aromatic carbocycles.